The van der Waals surface area contributed by atoms with E-state index < -0.39 is 27.8 Å². The van der Waals surface area contributed by atoms with Gasteiger partial charge in [-0.15, -0.1) is 0 Å². The van der Waals surface area contributed by atoms with E-state index in [-0.39, 0.29) is 12.2 Å². The second-order valence-electron chi connectivity index (χ2n) is 12.8. The fourth-order valence-electron chi connectivity index (χ4n) is 5.67. The molecule has 0 spiro atoms. The molecule has 3 unspecified atom stereocenters. The van der Waals surface area contributed by atoms with Crippen LogP contribution in [0.5, 0.6) is 0 Å². The number of aryl methyl sites for hydroxylation is 1. The molecule has 2 aromatic carbocycles. The molecule has 0 radical (unpaired) electrons. The zero-order valence-electron chi connectivity index (χ0n) is 34.0. The molecule has 0 aromatic heterocycles. The van der Waals surface area contributed by atoms with Crippen LogP contribution in [-0.4, -0.2) is 97.7 Å². The molecule has 2 aliphatic rings. The van der Waals surface area contributed by atoms with Crippen molar-refractivity contribution < 1.29 is 27.9 Å². The Bertz CT molecular complexity index is 1380. The maximum Gasteiger partial charge on any atom is 0.326 e. The number of carboxylic acids is 1. The minimum atomic E-state index is -3.35. The normalized spacial score (nSPS) is 16.9. The van der Waals surface area contributed by atoms with Gasteiger partial charge in [-0.2, -0.15) is 23.5 Å². The van der Waals surface area contributed by atoms with Crippen molar-refractivity contribution in [2.24, 2.45) is 0 Å². The molecule has 2 fully saturated rings. The Hall–Kier alpha value is -2.05. The van der Waals surface area contributed by atoms with E-state index in [1.165, 1.54) is 38.5 Å². The van der Waals surface area contributed by atoms with E-state index in [9.17, 15) is 23.1 Å². The number of nitrogens with zero attached hydrogens (tertiary/aromatic N) is 1. The number of rotatable bonds is 13. The predicted octanol–water partition coefficient (Wildman–Crippen LogP) is 9.38. The standard InChI is InChI=1S/C25H32N2O5S2.C7H14O.C5H12S.2C2H6/c1-17-6-4-5-7-20(17)22-14-18(15-27-12-10-19(16-27)33-2)8-9-21(22)24(28)26-23(25(29)30)11-13-34(3,31)32;1-8-7-5-3-2-4-6-7;1-4-5(2)6-3;2*1-2/h4-9,14,19,23H,10-13,15-16H2,1-3H3,(H,26,28)(H,29,30);7H,2-6H2,1H3;5H,4H2,1-3H3;2*1-2H3. The van der Waals surface area contributed by atoms with Crippen molar-refractivity contribution in [3.63, 3.8) is 0 Å². The highest BCUT2D eigenvalue weighted by Gasteiger charge is 2.25. The van der Waals surface area contributed by atoms with E-state index in [1.54, 1.807) is 6.07 Å². The van der Waals surface area contributed by atoms with Gasteiger partial charge in [0.15, 0.2) is 0 Å². The summed E-state index contributed by atoms with van der Waals surface area (Å²) < 4.78 is 28.2. The number of carboxylic acid groups (broad SMARTS) is 1. The number of benzene rings is 2. The van der Waals surface area contributed by atoms with Gasteiger partial charge < -0.3 is 15.2 Å². The molecule has 1 heterocycles. The van der Waals surface area contributed by atoms with Gasteiger partial charge in [-0.1, -0.05) is 91.1 Å². The Labute approximate surface area is 325 Å². The van der Waals surface area contributed by atoms with Crippen LogP contribution >= 0.6 is 23.5 Å². The summed E-state index contributed by atoms with van der Waals surface area (Å²) in [6.45, 7) is 17.3. The minimum Gasteiger partial charge on any atom is -0.480 e. The highest BCUT2D eigenvalue weighted by molar-refractivity contribution is 7.99. The Kier molecular flexibility index (Phi) is 27.3. The van der Waals surface area contributed by atoms with Crippen molar-refractivity contribution in [2.75, 3.05) is 44.7 Å². The number of carbonyl (C=O) groups excluding carboxylic acids is 1. The average molecular weight is 783 g/mol. The lowest BCUT2D eigenvalue weighted by atomic mass is 9.93. The van der Waals surface area contributed by atoms with Gasteiger partial charge in [0.25, 0.3) is 5.91 Å². The Morgan fingerprint density at radius 1 is 1.00 bits per heavy atom. The monoisotopic (exact) mass is 782 g/mol. The quantitative estimate of drug-likeness (QED) is 0.205. The third kappa shape index (κ3) is 19.9. The van der Waals surface area contributed by atoms with E-state index in [0.717, 1.165) is 59.8 Å². The summed E-state index contributed by atoms with van der Waals surface area (Å²) in [5, 5.41) is 13.5. The van der Waals surface area contributed by atoms with Crippen LogP contribution in [0.15, 0.2) is 42.5 Å². The predicted molar refractivity (Wildman–Crippen MR) is 227 cm³/mol. The number of thioether (sulfide) groups is 2. The van der Waals surface area contributed by atoms with Crippen molar-refractivity contribution in [1.29, 1.82) is 0 Å². The van der Waals surface area contributed by atoms with Crippen LogP contribution in [0, 0.1) is 6.92 Å². The molecule has 298 valence electrons. The van der Waals surface area contributed by atoms with E-state index in [4.69, 9.17) is 4.74 Å². The van der Waals surface area contributed by atoms with Gasteiger partial charge in [0.1, 0.15) is 15.9 Å². The Morgan fingerprint density at radius 2 is 1.63 bits per heavy atom. The zero-order chi connectivity index (χ0) is 39.7. The number of ether oxygens (including phenoxy) is 1. The molecular weight excluding hydrogens is 713 g/mol. The molecule has 1 saturated carbocycles. The van der Waals surface area contributed by atoms with Crippen molar-refractivity contribution in [2.45, 2.75) is 129 Å². The van der Waals surface area contributed by atoms with Crippen LogP contribution in [0.25, 0.3) is 11.1 Å². The number of sulfone groups is 1. The van der Waals surface area contributed by atoms with Crippen LogP contribution in [0.2, 0.25) is 0 Å². The van der Waals surface area contributed by atoms with Crippen LogP contribution in [0.4, 0.5) is 0 Å². The van der Waals surface area contributed by atoms with Crippen LogP contribution in [-0.2, 0) is 25.9 Å². The first-order valence-corrected chi connectivity index (χ1v) is 23.7. The second kappa shape index (κ2) is 28.4. The van der Waals surface area contributed by atoms with Crippen LogP contribution in [0.1, 0.15) is 114 Å². The first kappa shape index (κ1) is 49.9. The number of likely N-dealkylation sites (tertiary alicyclic amines) is 1. The summed E-state index contributed by atoms with van der Waals surface area (Å²) in [6, 6.07) is 12.1. The number of methoxy groups -OCH3 is 1. The van der Waals surface area contributed by atoms with Gasteiger partial charge >= 0.3 is 5.97 Å². The summed E-state index contributed by atoms with van der Waals surface area (Å²) >= 11 is 3.81. The number of carbonyl (C=O) groups is 2. The van der Waals surface area contributed by atoms with E-state index in [1.807, 2.05) is 102 Å². The second-order valence-corrected chi connectivity index (χ2v) is 17.5. The Balaban J connectivity index is 0.00000119. The SMILES string of the molecule is CC.CC.CCC(C)SC.COC1CCCCC1.CSC1CCN(Cc2ccc(C(=O)NC(CCS(C)(=O)=O)C(=O)O)c(-c3ccccc3C)c2)C1. The summed E-state index contributed by atoms with van der Waals surface area (Å²) in [6.07, 6.45) is 14.9. The average Bonchev–Trinajstić information content (AvgIpc) is 3.62. The molecule has 3 atom stereocenters. The summed E-state index contributed by atoms with van der Waals surface area (Å²) in [5.41, 5.74) is 4.10. The smallest absolute Gasteiger partial charge is 0.326 e. The molecule has 0 bridgehead atoms. The van der Waals surface area contributed by atoms with E-state index in [2.05, 4.69) is 36.6 Å². The number of hydrogen-bond acceptors (Lipinski definition) is 8. The third-order valence-corrected chi connectivity index (χ3v) is 12.1. The molecule has 1 aliphatic carbocycles. The van der Waals surface area contributed by atoms with Gasteiger partial charge in [0, 0.05) is 42.5 Å². The van der Waals surface area contributed by atoms with Crippen molar-refractivity contribution in [3.8, 4) is 11.1 Å². The molecule has 8 nitrogen and oxygen atoms in total. The number of amides is 1. The molecule has 52 heavy (non-hydrogen) atoms. The van der Waals surface area contributed by atoms with E-state index >= 15 is 0 Å². The Morgan fingerprint density at radius 3 is 2.10 bits per heavy atom. The van der Waals surface area contributed by atoms with Gasteiger partial charge in [0.05, 0.1) is 11.9 Å². The van der Waals surface area contributed by atoms with Crippen molar-refractivity contribution in [3.05, 3.63) is 59.2 Å². The third-order valence-electron chi connectivity index (χ3n) is 8.98. The maximum atomic E-state index is 13.2. The van der Waals surface area contributed by atoms with Crippen molar-refractivity contribution in [1.82, 2.24) is 10.2 Å². The molecule has 1 saturated heterocycles. The van der Waals surface area contributed by atoms with Crippen molar-refractivity contribution >= 4 is 45.2 Å². The zero-order valence-corrected chi connectivity index (χ0v) is 36.4. The lowest BCUT2D eigenvalue weighted by molar-refractivity contribution is -0.139. The van der Waals surface area contributed by atoms with Crippen LogP contribution < -0.4 is 5.32 Å². The largest absolute Gasteiger partial charge is 0.480 e. The molecule has 1 amide bonds. The lowest BCUT2D eigenvalue weighted by Crippen LogP contribution is -2.42. The fraction of sp³-hybridized carbons (Fsp3) is 0.659. The lowest BCUT2D eigenvalue weighted by Gasteiger charge is -2.20. The molecule has 4 rings (SSSR count). The topological polar surface area (TPSA) is 113 Å². The van der Waals surface area contributed by atoms with Gasteiger partial charge in [-0.25, -0.2) is 13.2 Å². The molecule has 2 N–H and O–H groups in total. The van der Waals surface area contributed by atoms with Gasteiger partial charge in [-0.3, -0.25) is 9.69 Å². The highest BCUT2D eigenvalue weighted by atomic mass is 32.2. The highest BCUT2D eigenvalue weighted by Crippen LogP contribution is 2.30. The van der Waals surface area contributed by atoms with Gasteiger partial charge in [-0.05, 0) is 92.5 Å². The summed E-state index contributed by atoms with van der Waals surface area (Å²) in [4.78, 5) is 27.3. The molecular formula is C41H70N2O6S3. The number of hydrogen-bond donors (Lipinski definition) is 2. The molecule has 1 aliphatic heterocycles. The fourth-order valence-corrected chi connectivity index (χ4v) is 7.37. The summed E-state index contributed by atoms with van der Waals surface area (Å²) in [5.74, 6) is -2.11. The summed E-state index contributed by atoms with van der Waals surface area (Å²) in [7, 11) is -1.54. The molecule has 11 heteroatoms. The maximum absolute atomic E-state index is 13.2. The van der Waals surface area contributed by atoms with Crippen LogP contribution in [0.3, 0.4) is 0 Å². The number of nitrogens with one attached hydrogen (secondary N) is 1. The first-order valence-electron chi connectivity index (χ1n) is 19.0. The minimum absolute atomic E-state index is 0.191. The van der Waals surface area contributed by atoms with E-state index in [0.29, 0.717) is 16.9 Å². The molecule has 2 aromatic rings. The first-order chi connectivity index (χ1) is 24.8. The van der Waals surface area contributed by atoms with Gasteiger partial charge in [0.2, 0.25) is 0 Å². The number of aliphatic carboxylic acids is 1.